The number of hydrogen-bond donors (Lipinski definition) is 0. The van der Waals surface area contributed by atoms with Crippen LogP contribution in [0, 0.1) is 13.8 Å². The molecule has 0 aliphatic carbocycles. The van der Waals surface area contributed by atoms with Gasteiger partial charge in [-0.1, -0.05) is 12.1 Å². The summed E-state index contributed by atoms with van der Waals surface area (Å²) in [5.74, 6) is 0.877. The van der Waals surface area contributed by atoms with Gasteiger partial charge in [0.15, 0.2) is 11.5 Å². The highest BCUT2D eigenvalue weighted by molar-refractivity contribution is 7.92. The van der Waals surface area contributed by atoms with Crippen LogP contribution in [0.3, 0.4) is 0 Å². The van der Waals surface area contributed by atoms with Crippen molar-refractivity contribution >= 4 is 15.7 Å². The largest absolute Gasteiger partial charge is 0.493 e. The van der Waals surface area contributed by atoms with Crippen LogP contribution in [-0.2, 0) is 10.0 Å². The Balaban J connectivity index is 2.57. The smallest absolute Gasteiger partial charge is 0.264 e. The Labute approximate surface area is 143 Å². The van der Waals surface area contributed by atoms with E-state index in [0.717, 1.165) is 11.1 Å². The third-order valence-electron chi connectivity index (χ3n) is 3.86. The molecule has 0 unspecified atom stereocenters. The van der Waals surface area contributed by atoms with E-state index in [9.17, 15) is 8.42 Å². The van der Waals surface area contributed by atoms with Gasteiger partial charge in [0.05, 0.1) is 24.8 Å². The van der Waals surface area contributed by atoms with Crippen LogP contribution in [0.4, 0.5) is 5.69 Å². The summed E-state index contributed by atoms with van der Waals surface area (Å²) in [6, 6.07) is 10.4. The second-order valence-electron chi connectivity index (χ2n) is 5.48. The number of hydrogen-bond acceptors (Lipinski definition) is 4. The van der Waals surface area contributed by atoms with E-state index in [1.807, 2.05) is 39.0 Å². The van der Waals surface area contributed by atoms with Gasteiger partial charge in [-0.2, -0.15) is 0 Å². The molecule has 0 atom stereocenters. The Morgan fingerprint density at radius 3 is 2.21 bits per heavy atom. The third-order valence-corrected chi connectivity index (χ3v) is 5.75. The van der Waals surface area contributed by atoms with E-state index in [1.165, 1.54) is 30.7 Å². The van der Waals surface area contributed by atoms with Crippen LogP contribution < -0.4 is 13.8 Å². The molecule has 0 aromatic heterocycles. The first kappa shape index (κ1) is 18.1. The van der Waals surface area contributed by atoms with Crippen LogP contribution in [-0.4, -0.2) is 29.2 Å². The zero-order valence-electron chi connectivity index (χ0n) is 14.7. The quantitative estimate of drug-likeness (QED) is 0.800. The highest BCUT2D eigenvalue weighted by atomic mass is 32.2. The predicted molar refractivity (Wildman–Crippen MR) is 95.7 cm³/mol. The maximum absolute atomic E-state index is 13.1. The minimum atomic E-state index is -3.70. The van der Waals surface area contributed by atoms with Crippen LogP contribution in [0.1, 0.15) is 18.1 Å². The summed E-state index contributed by atoms with van der Waals surface area (Å²) in [6.45, 7) is 6.00. The molecule has 6 heteroatoms. The summed E-state index contributed by atoms with van der Waals surface area (Å²) >= 11 is 0. The Hall–Kier alpha value is -2.21. The van der Waals surface area contributed by atoms with Gasteiger partial charge in [0, 0.05) is 12.6 Å². The fraction of sp³-hybridized carbons (Fsp3) is 0.333. The van der Waals surface area contributed by atoms with Gasteiger partial charge >= 0.3 is 0 Å². The molecule has 2 aromatic rings. The van der Waals surface area contributed by atoms with Gasteiger partial charge in [-0.05, 0) is 50.1 Å². The molecule has 0 heterocycles. The number of rotatable bonds is 6. The number of ether oxygens (including phenoxy) is 2. The summed E-state index contributed by atoms with van der Waals surface area (Å²) in [4.78, 5) is 0.169. The van der Waals surface area contributed by atoms with Crippen molar-refractivity contribution in [2.24, 2.45) is 0 Å². The van der Waals surface area contributed by atoms with E-state index in [1.54, 1.807) is 6.07 Å². The molecule has 5 nitrogen and oxygen atoms in total. The summed E-state index contributed by atoms with van der Waals surface area (Å²) in [6.07, 6.45) is 0. The normalized spacial score (nSPS) is 11.2. The van der Waals surface area contributed by atoms with E-state index in [4.69, 9.17) is 9.47 Å². The summed E-state index contributed by atoms with van der Waals surface area (Å²) in [5.41, 5.74) is 2.61. The van der Waals surface area contributed by atoms with Gasteiger partial charge < -0.3 is 9.47 Å². The maximum atomic E-state index is 13.1. The van der Waals surface area contributed by atoms with Gasteiger partial charge in [0.1, 0.15) is 0 Å². The molecule has 24 heavy (non-hydrogen) atoms. The summed E-state index contributed by atoms with van der Waals surface area (Å²) in [7, 11) is -0.706. The standard InChI is InChI=1S/C18H23NO4S/c1-6-19(16-11-13(2)7-8-14(16)3)24(20,21)15-9-10-17(22-4)18(12-15)23-5/h7-12H,6H2,1-5H3. The van der Waals surface area contributed by atoms with E-state index in [0.29, 0.717) is 23.7 Å². The number of methoxy groups -OCH3 is 2. The number of nitrogens with zero attached hydrogens (tertiary/aromatic N) is 1. The Kier molecular flexibility index (Phi) is 5.39. The van der Waals surface area contributed by atoms with E-state index in [-0.39, 0.29) is 4.90 Å². The van der Waals surface area contributed by atoms with Crippen molar-refractivity contribution < 1.29 is 17.9 Å². The number of aryl methyl sites for hydroxylation is 2. The Morgan fingerprint density at radius 1 is 0.958 bits per heavy atom. The molecule has 0 fully saturated rings. The minimum absolute atomic E-state index is 0.169. The molecule has 0 N–H and O–H groups in total. The molecule has 2 rings (SSSR count). The minimum Gasteiger partial charge on any atom is -0.493 e. The molecule has 0 bridgehead atoms. The third kappa shape index (κ3) is 3.33. The number of anilines is 1. The molecule has 0 radical (unpaired) electrons. The van der Waals surface area contributed by atoms with E-state index in [2.05, 4.69) is 0 Å². The molecule has 130 valence electrons. The van der Waals surface area contributed by atoms with Crippen LogP contribution in [0.2, 0.25) is 0 Å². The fourth-order valence-corrected chi connectivity index (χ4v) is 4.11. The predicted octanol–water partition coefficient (Wildman–Crippen LogP) is 3.54. The van der Waals surface area contributed by atoms with Gasteiger partial charge in [0.25, 0.3) is 10.0 Å². The molecule has 0 aliphatic heterocycles. The van der Waals surface area contributed by atoms with Crippen LogP contribution >= 0.6 is 0 Å². The van der Waals surface area contributed by atoms with Crippen LogP contribution in [0.25, 0.3) is 0 Å². The first-order valence-corrected chi connectivity index (χ1v) is 9.11. The Bertz CT molecular complexity index is 831. The highest BCUT2D eigenvalue weighted by Gasteiger charge is 2.26. The Morgan fingerprint density at radius 2 is 1.62 bits per heavy atom. The second kappa shape index (κ2) is 7.13. The van der Waals surface area contributed by atoms with Gasteiger partial charge in [-0.25, -0.2) is 8.42 Å². The summed E-state index contributed by atoms with van der Waals surface area (Å²) in [5, 5.41) is 0. The van der Waals surface area contributed by atoms with Crippen molar-refractivity contribution in [2.75, 3.05) is 25.1 Å². The average Bonchev–Trinajstić information content (AvgIpc) is 2.57. The van der Waals surface area contributed by atoms with Gasteiger partial charge in [-0.15, -0.1) is 0 Å². The van der Waals surface area contributed by atoms with E-state index < -0.39 is 10.0 Å². The molecular weight excluding hydrogens is 326 g/mol. The van der Waals surface area contributed by atoms with Crippen LogP contribution in [0.15, 0.2) is 41.3 Å². The zero-order chi connectivity index (χ0) is 17.9. The van der Waals surface area contributed by atoms with Crippen molar-refractivity contribution in [3.8, 4) is 11.5 Å². The number of benzene rings is 2. The van der Waals surface area contributed by atoms with E-state index >= 15 is 0 Å². The second-order valence-corrected chi connectivity index (χ2v) is 7.34. The lowest BCUT2D eigenvalue weighted by Crippen LogP contribution is -2.31. The molecule has 0 aliphatic rings. The van der Waals surface area contributed by atoms with Crippen molar-refractivity contribution in [2.45, 2.75) is 25.7 Å². The lowest BCUT2D eigenvalue weighted by molar-refractivity contribution is 0.354. The van der Waals surface area contributed by atoms with Gasteiger partial charge in [-0.3, -0.25) is 4.31 Å². The summed E-state index contributed by atoms with van der Waals surface area (Å²) < 4.78 is 38.1. The molecule has 2 aromatic carbocycles. The topological polar surface area (TPSA) is 55.8 Å². The molecule has 0 saturated carbocycles. The fourth-order valence-electron chi connectivity index (χ4n) is 2.56. The molecular formula is C18H23NO4S. The van der Waals surface area contributed by atoms with Gasteiger partial charge in [0.2, 0.25) is 0 Å². The molecule has 0 amide bonds. The average molecular weight is 349 g/mol. The van der Waals surface area contributed by atoms with Crippen molar-refractivity contribution in [1.29, 1.82) is 0 Å². The van der Waals surface area contributed by atoms with Crippen LogP contribution in [0.5, 0.6) is 11.5 Å². The van der Waals surface area contributed by atoms with Crippen molar-refractivity contribution in [3.05, 3.63) is 47.5 Å². The first-order chi connectivity index (χ1) is 11.3. The lowest BCUT2D eigenvalue weighted by Gasteiger charge is -2.25. The van der Waals surface area contributed by atoms with Crippen molar-refractivity contribution in [1.82, 2.24) is 0 Å². The number of sulfonamides is 1. The molecule has 0 spiro atoms. The highest BCUT2D eigenvalue weighted by Crippen LogP contribution is 2.33. The monoisotopic (exact) mass is 349 g/mol. The SMILES string of the molecule is CCN(c1cc(C)ccc1C)S(=O)(=O)c1ccc(OC)c(OC)c1. The zero-order valence-corrected chi connectivity index (χ0v) is 15.5. The lowest BCUT2D eigenvalue weighted by atomic mass is 10.1. The van der Waals surface area contributed by atoms with Crippen molar-refractivity contribution in [3.63, 3.8) is 0 Å². The maximum Gasteiger partial charge on any atom is 0.264 e. The molecule has 0 saturated heterocycles. The first-order valence-electron chi connectivity index (χ1n) is 7.67.